The zero-order valence-electron chi connectivity index (χ0n) is 13.9. The number of nitrogens with one attached hydrogen (secondary N) is 2. The van der Waals surface area contributed by atoms with E-state index >= 15 is 0 Å². The fourth-order valence-electron chi connectivity index (χ4n) is 3.19. The van der Waals surface area contributed by atoms with Crippen LogP contribution in [0, 0.1) is 25.2 Å². The van der Waals surface area contributed by atoms with E-state index in [1.807, 2.05) is 0 Å². The van der Waals surface area contributed by atoms with E-state index in [2.05, 4.69) is 51.3 Å². The molecule has 1 saturated heterocycles. The molecule has 1 aromatic rings. The molecule has 2 heterocycles. The molecule has 0 spiro atoms. The van der Waals surface area contributed by atoms with Gasteiger partial charge >= 0.3 is 0 Å². The smallest absolute Gasteiger partial charge is 0.226 e. The molecule has 1 amide bonds. The number of hydrogen-bond donors (Lipinski definition) is 2. The first kappa shape index (κ1) is 16.5. The summed E-state index contributed by atoms with van der Waals surface area (Å²) in [5, 5.41) is 6.64. The van der Waals surface area contributed by atoms with Crippen LogP contribution in [0.1, 0.15) is 55.0 Å². The van der Waals surface area contributed by atoms with Gasteiger partial charge in [-0.3, -0.25) is 4.79 Å². The summed E-state index contributed by atoms with van der Waals surface area (Å²) in [4.78, 5) is 15.3. The van der Waals surface area contributed by atoms with E-state index in [1.165, 1.54) is 21.7 Å². The first-order valence-corrected chi connectivity index (χ1v) is 8.72. The number of piperidine rings is 1. The SMILES string of the molecule is Cc1cc(C(C)NC(=O)C(C)(C)C2CCCNC2)c(C)s1. The summed E-state index contributed by atoms with van der Waals surface area (Å²) in [6.07, 6.45) is 2.30. The van der Waals surface area contributed by atoms with Crippen LogP contribution in [0.4, 0.5) is 0 Å². The predicted octanol–water partition coefficient (Wildman–Crippen LogP) is 3.57. The Kier molecular flexibility index (Phi) is 5.10. The van der Waals surface area contributed by atoms with E-state index in [0.29, 0.717) is 5.92 Å². The Balaban J connectivity index is 2.04. The molecule has 1 aliphatic rings. The van der Waals surface area contributed by atoms with Gasteiger partial charge < -0.3 is 10.6 Å². The van der Waals surface area contributed by atoms with Gasteiger partial charge in [0, 0.05) is 15.2 Å². The molecule has 2 atom stereocenters. The molecule has 1 aromatic heterocycles. The molecule has 4 heteroatoms. The lowest BCUT2D eigenvalue weighted by atomic mass is 9.74. The predicted molar refractivity (Wildman–Crippen MR) is 89.7 cm³/mol. The van der Waals surface area contributed by atoms with Crippen LogP contribution in [0.25, 0.3) is 0 Å². The zero-order chi connectivity index (χ0) is 15.6. The van der Waals surface area contributed by atoms with Gasteiger partial charge in [-0.05, 0) is 64.3 Å². The summed E-state index contributed by atoms with van der Waals surface area (Å²) in [5.74, 6) is 0.593. The third-order valence-electron chi connectivity index (χ3n) is 4.80. The fraction of sp³-hybridized carbons (Fsp3) is 0.706. The standard InChI is InChI=1S/C17H28N2OS/c1-11-9-15(13(3)21-11)12(2)19-16(20)17(4,5)14-7-6-8-18-10-14/h9,12,14,18H,6-8,10H2,1-5H3,(H,19,20). The van der Waals surface area contributed by atoms with Crippen LogP contribution < -0.4 is 10.6 Å². The number of carbonyl (C=O) groups excluding carboxylic acids is 1. The first-order chi connectivity index (χ1) is 9.82. The highest BCUT2D eigenvalue weighted by atomic mass is 32.1. The van der Waals surface area contributed by atoms with Gasteiger partial charge in [-0.25, -0.2) is 0 Å². The Morgan fingerprint density at radius 2 is 2.19 bits per heavy atom. The summed E-state index contributed by atoms with van der Waals surface area (Å²) < 4.78 is 0. The Labute approximate surface area is 132 Å². The maximum absolute atomic E-state index is 12.7. The second-order valence-corrected chi connectivity index (χ2v) is 8.29. The number of carbonyl (C=O) groups is 1. The summed E-state index contributed by atoms with van der Waals surface area (Å²) in [6, 6.07) is 2.28. The van der Waals surface area contributed by atoms with Gasteiger partial charge in [-0.15, -0.1) is 11.3 Å². The van der Waals surface area contributed by atoms with Gasteiger partial charge in [0.1, 0.15) is 0 Å². The van der Waals surface area contributed by atoms with Gasteiger partial charge in [0.25, 0.3) is 0 Å². The van der Waals surface area contributed by atoms with Crippen molar-refractivity contribution >= 4 is 17.2 Å². The van der Waals surface area contributed by atoms with Crippen molar-refractivity contribution in [3.8, 4) is 0 Å². The maximum Gasteiger partial charge on any atom is 0.226 e. The summed E-state index contributed by atoms with van der Waals surface area (Å²) in [6.45, 7) is 12.5. The zero-order valence-corrected chi connectivity index (χ0v) is 14.7. The second kappa shape index (κ2) is 6.49. The molecular weight excluding hydrogens is 280 g/mol. The summed E-state index contributed by atoms with van der Waals surface area (Å²) in [7, 11) is 0. The topological polar surface area (TPSA) is 41.1 Å². The van der Waals surface area contributed by atoms with E-state index in [9.17, 15) is 4.79 Å². The fourth-order valence-corrected chi connectivity index (χ4v) is 4.22. The van der Waals surface area contributed by atoms with E-state index in [-0.39, 0.29) is 17.4 Å². The molecule has 2 rings (SSSR count). The third-order valence-corrected chi connectivity index (χ3v) is 5.78. The minimum atomic E-state index is -0.319. The van der Waals surface area contributed by atoms with Gasteiger partial charge in [0.05, 0.1) is 6.04 Å². The molecule has 2 unspecified atom stereocenters. The van der Waals surface area contributed by atoms with Gasteiger partial charge in [0.15, 0.2) is 0 Å². The molecule has 3 nitrogen and oxygen atoms in total. The van der Waals surface area contributed by atoms with E-state index in [1.54, 1.807) is 11.3 Å². The normalized spacial score (nSPS) is 21.1. The maximum atomic E-state index is 12.7. The number of rotatable bonds is 4. The molecule has 0 radical (unpaired) electrons. The largest absolute Gasteiger partial charge is 0.349 e. The number of hydrogen-bond acceptors (Lipinski definition) is 3. The second-order valence-electron chi connectivity index (χ2n) is 6.83. The lowest BCUT2D eigenvalue weighted by Gasteiger charge is -2.36. The molecule has 1 fully saturated rings. The van der Waals surface area contributed by atoms with Gasteiger partial charge in [-0.2, -0.15) is 0 Å². The summed E-state index contributed by atoms with van der Waals surface area (Å²) in [5.41, 5.74) is 0.934. The molecule has 0 aliphatic carbocycles. The Bertz CT molecular complexity index is 501. The van der Waals surface area contributed by atoms with Crippen molar-refractivity contribution in [2.24, 2.45) is 11.3 Å². The highest BCUT2D eigenvalue weighted by molar-refractivity contribution is 7.12. The molecule has 2 N–H and O–H groups in total. The van der Waals surface area contributed by atoms with Crippen molar-refractivity contribution in [2.45, 2.75) is 53.5 Å². The Morgan fingerprint density at radius 3 is 2.71 bits per heavy atom. The molecule has 0 aromatic carbocycles. The van der Waals surface area contributed by atoms with Crippen molar-refractivity contribution < 1.29 is 4.79 Å². The van der Waals surface area contributed by atoms with Crippen molar-refractivity contribution in [3.63, 3.8) is 0 Å². The number of aryl methyl sites for hydroxylation is 2. The first-order valence-electron chi connectivity index (χ1n) is 7.91. The van der Waals surface area contributed by atoms with Crippen molar-refractivity contribution in [1.29, 1.82) is 0 Å². The van der Waals surface area contributed by atoms with E-state index < -0.39 is 0 Å². The highest BCUT2D eigenvalue weighted by Crippen LogP contribution is 2.33. The molecule has 118 valence electrons. The summed E-state index contributed by atoms with van der Waals surface area (Å²) >= 11 is 1.80. The minimum absolute atomic E-state index is 0.0817. The van der Waals surface area contributed by atoms with Crippen LogP contribution in [-0.2, 0) is 4.79 Å². The van der Waals surface area contributed by atoms with Crippen LogP contribution in [0.15, 0.2) is 6.07 Å². The molecule has 1 aliphatic heterocycles. The van der Waals surface area contributed by atoms with Crippen LogP contribution >= 0.6 is 11.3 Å². The molecule has 0 saturated carbocycles. The van der Waals surface area contributed by atoms with Crippen LogP contribution in [-0.4, -0.2) is 19.0 Å². The van der Waals surface area contributed by atoms with Gasteiger partial charge in [-0.1, -0.05) is 13.8 Å². The minimum Gasteiger partial charge on any atom is -0.349 e. The highest BCUT2D eigenvalue weighted by Gasteiger charge is 2.37. The average molecular weight is 308 g/mol. The van der Waals surface area contributed by atoms with Crippen LogP contribution in [0.2, 0.25) is 0 Å². The van der Waals surface area contributed by atoms with Crippen molar-refractivity contribution in [1.82, 2.24) is 10.6 Å². The average Bonchev–Trinajstić information content (AvgIpc) is 2.78. The van der Waals surface area contributed by atoms with Crippen molar-refractivity contribution in [2.75, 3.05) is 13.1 Å². The molecular formula is C17H28N2OS. The van der Waals surface area contributed by atoms with Gasteiger partial charge in [0.2, 0.25) is 5.91 Å². The Hall–Kier alpha value is -0.870. The Morgan fingerprint density at radius 1 is 1.48 bits per heavy atom. The number of thiophene rings is 1. The third kappa shape index (κ3) is 3.67. The van der Waals surface area contributed by atoms with E-state index in [0.717, 1.165) is 19.5 Å². The quantitative estimate of drug-likeness (QED) is 0.893. The van der Waals surface area contributed by atoms with Crippen LogP contribution in [0.5, 0.6) is 0 Å². The lowest BCUT2D eigenvalue weighted by molar-refractivity contribution is -0.133. The van der Waals surface area contributed by atoms with E-state index in [4.69, 9.17) is 0 Å². The lowest BCUT2D eigenvalue weighted by Crippen LogP contribution is -2.47. The van der Waals surface area contributed by atoms with Crippen molar-refractivity contribution in [3.05, 3.63) is 21.4 Å². The monoisotopic (exact) mass is 308 g/mol. The van der Waals surface area contributed by atoms with Crippen LogP contribution in [0.3, 0.4) is 0 Å². The molecule has 21 heavy (non-hydrogen) atoms. The number of amides is 1. The molecule has 0 bridgehead atoms.